The lowest BCUT2D eigenvalue weighted by Crippen LogP contribution is -2.29. The van der Waals surface area contributed by atoms with Crippen molar-refractivity contribution in [2.24, 2.45) is 5.73 Å². The van der Waals surface area contributed by atoms with Crippen LogP contribution in [0.2, 0.25) is 0 Å². The fraction of sp³-hybridized carbons (Fsp3) is 0.707. The van der Waals surface area contributed by atoms with Crippen LogP contribution in [-0.2, 0) is 32.7 Å². The zero-order valence-electron chi connectivity index (χ0n) is 32.1. The normalized spacial score (nSPS) is 14.0. The Hall–Kier alpha value is -2.29. The van der Waals surface area contributed by atoms with E-state index in [4.69, 9.17) is 24.3 Å². The summed E-state index contributed by atoms with van der Waals surface area (Å²) in [6, 6.07) is 0. The topological polar surface area (TPSA) is 134 Å². The van der Waals surface area contributed by atoms with Crippen molar-refractivity contribution in [3.8, 4) is 0 Å². The average Bonchev–Trinajstić information content (AvgIpc) is 3.11. The van der Waals surface area contributed by atoms with Gasteiger partial charge in [0.05, 0.1) is 13.2 Å². The number of hydrogen-bond acceptors (Lipinski definition) is 8. The lowest BCUT2D eigenvalue weighted by molar-refractivity contribution is -0.161. The molecule has 0 amide bonds. The third-order valence-electron chi connectivity index (χ3n) is 7.90. The van der Waals surface area contributed by atoms with Gasteiger partial charge in [0.25, 0.3) is 0 Å². The quantitative estimate of drug-likeness (QED) is 0.0279. The van der Waals surface area contributed by atoms with Gasteiger partial charge in [0.2, 0.25) is 0 Å². The minimum absolute atomic E-state index is 0.0407. The van der Waals surface area contributed by atoms with Crippen molar-refractivity contribution in [1.29, 1.82) is 0 Å². The molecule has 0 saturated carbocycles. The summed E-state index contributed by atoms with van der Waals surface area (Å²) >= 11 is 0. The summed E-state index contributed by atoms with van der Waals surface area (Å²) in [6.07, 6.45) is 42.6. The van der Waals surface area contributed by atoms with Gasteiger partial charge in [-0.25, -0.2) is 4.57 Å². The Morgan fingerprint density at radius 2 is 1.06 bits per heavy atom. The van der Waals surface area contributed by atoms with Gasteiger partial charge in [-0.05, 0) is 44.9 Å². The summed E-state index contributed by atoms with van der Waals surface area (Å²) in [5.41, 5.74) is 5.33. The molecule has 0 aromatic rings. The van der Waals surface area contributed by atoms with Crippen molar-refractivity contribution in [1.82, 2.24) is 0 Å². The van der Waals surface area contributed by atoms with E-state index in [1.807, 2.05) is 12.2 Å². The van der Waals surface area contributed by atoms with Gasteiger partial charge in [-0.1, -0.05) is 158 Å². The third kappa shape index (κ3) is 37.3. The Morgan fingerprint density at radius 1 is 0.588 bits per heavy atom. The van der Waals surface area contributed by atoms with Crippen molar-refractivity contribution in [3.05, 3.63) is 60.8 Å². The summed E-state index contributed by atoms with van der Waals surface area (Å²) in [4.78, 5) is 34.7. The number of esters is 2. The van der Waals surface area contributed by atoms with Crippen molar-refractivity contribution in [2.75, 3.05) is 26.4 Å². The molecule has 10 heteroatoms. The molecule has 0 fully saturated rings. The number of rotatable bonds is 36. The molecule has 294 valence electrons. The van der Waals surface area contributed by atoms with Crippen LogP contribution < -0.4 is 5.73 Å². The van der Waals surface area contributed by atoms with Crippen molar-refractivity contribution < 1.29 is 37.6 Å². The second-order valence-electron chi connectivity index (χ2n) is 12.8. The van der Waals surface area contributed by atoms with Crippen LogP contribution in [-0.4, -0.2) is 49.3 Å². The molecule has 0 saturated heterocycles. The second kappa shape index (κ2) is 37.5. The van der Waals surface area contributed by atoms with E-state index in [1.165, 1.54) is 70.6 Å². The number of nitrogens with two attached hydrogens (primary N) is 1. The summed E-state index contributed by atoms with van der Waals surface area (Å²) in [5.74, 6) is -0.928. The highest BCUT2D eigenvalue weighted by Gasteiger charge is 2.25. The van der Waals surface area contributed by atoms with Gasteiger partial charge >= 0.3 is 19.8 Å². The van der Waals surface area contributed by atoms with Crippen LogP contribution >= 0.6 is 7.82 Å². The third-order valence-corrected chi connectivity index (χ3v) is 8.89. The Labute approximate surface area is 310 Å². The number of hydrogen-bond donors (Lipinski definition) is 2. The molecule has 51 heavy (non-hydrogen) atoms. The maximum atomic E-state index is 12.5. The molecule has 3 N–H and O–H groups in total. The van der Waals surface area contributed by atoms with Crippen molar-refractivity contribution >= 4 is 19.8 Å². The van der Waals surface area contributed by atoms with Gasteiger partial charge < -0.3 is 20.1 Å². The smallest absolute Gasteiger partial charge is 0.462 e. The highest BCUT2D eigenvalue weighted by atomic mass is 31.2. The fourth-order valence-corrected chi connectivity index (χ4v) is 5.74. The summed E-state index contributed by atoms with van der Waals surface area (Å²) < 4.78 is 32.6. The monoisotopic (exact) mass is 737 g/mol. The van der Waals surface area contributed by atoms with E-state index in [0.717, 1.165) is 51.4 Å². The van der Waals surface area contributed by atoms with E-state index < -0.39 is 32.5 Å². The molecular formula is C41H72NO8P. The molecule has 0 spiro atoms. The first-order valence-electron chi connectivity index (χ1n) is 19.8. The number of allylic oxidation sites excluding steroid dienone is 10. The molecule has 0 heterocycles. The summed E-state index contributed by atoms with van der Waals surface area (Å²) in [7, 11) is -4.39. The maximum absolute atomic E-state index is 12.5. The van der Waals surface area contributed by atoms with E-state index in [1.54, 1.807) is 0 Å². The predicted octanol–water partition coefficient (Wildman–Crippen LogP) is 10.9. The molecule has 0 aliphatic heterocycles. The second-order valence-corrected chi connectivity index (χ2v) is 14.3. The molecule has 9 nitrogen and oxygen atoms in total. The van der Waals surface area contributed by atoms with Crippen LogP contribution in [0.4, 0.5) is 0 Å². The van der Waals surface area contributed by atoms with Crippen LogP contribution in [0.5, 0.6) is 0 Å². The first kappa shape index (κ1) is 48.7. The lowest BCUT2D eigenvalue weighted by atomic mass is 10.0. The zero-order chi connectivity index (χ0) is 37.5. The first-order chi connectivity index (χ1) is 24.8. The number of phosphoric ester groups is 1. The summed E-state index contributed by atoms with van der Waals surface area (Å²) in [6.45, 7) is 3.56. The van der Waals surface area contributed by atoms with E-state index in [2.05, 4.69) is 62.5 Å². The van der Waals surface area contributed by atoms with Crippen LogP contribution in [0.1, 0.15) is 155 Å². The lowest BCUT2D eigenvalue weighted by Gasteiger charge is -2.19. The van der Waals surface area contributed by atoms with Crippen molar-refractivity contribution in [3.63, 3.8) is 0 Å². The molecule has 0 aliphatic rings. The molecule has 0 aromatic heterocycles. The largest absolute Gasteiger partial charge is 0.472 e. The molecular weight excluding hydrogens is 665 g/mol. The Morgan fingerprint density at radius 3 is 1.55 bits per heavy atom. The molecule has 0 radical (unpaired) electrons. The molecule has 0 rings (SSSR count). The first-order valence-corrected chi connectivity index (χ1v) is 21.3. The van der Waals surface area contributed by atoms with E-state index in [-0.39, 0.29) is 32.6 Å². The molecule has 0 aliphatic carbocycles. The number of unbranched alkanes of at least 4 members (excludes halogenated alkanes) is 13. The minimum Gasteiger partial charge on any atom is -0.462 e. The van der Waals surface area contributed by atoms with Crippen LogP contribution in [0, 0.1) is 0 Å². The maximum Gasteiger partial charge on any atom is 0.472 e. The Balaban J connectivity index is 4.35. The number of carbonyl (C=O) groups is 2. The SMILES string of the molecule is CCCC=CCC=CCC=CCC=CCC=CCCC(=O)OC(COC(=O)CCCCCCCCCCCCCCC)COP(=O)(O)OCCN. The number of phosphoric acid groups is 1. The highest BCUT2D eigenvalue weighted by Crippen LogP contribution is 2.43. The molecule has 0 bridgehead atoms. The molecule has 2 unspecified atom stereocenters. The summed E-state index contributed by atoms with van der Waals surface area (Å²) in [5, 5.41) is 0. The molecule has 2 atom stereocenters. The van der Waals surface area contributed by atoms with Gasteiger partial charge in [-0.2, -0.15) is 0 Å². The van der Waals surface area contributed by atoms with Crippen LogP contribution in [0.3, 0.4) is 0 Å². The highest BCUT2D eigenvalue weighted by molar-refractivity contribution is 7.47. The number of ether oxygens (including phenoxy) is 2. The van der Waals surface area contributed by atoms with E-state index in [9.17, 15) is 19.0 Å². The Bertz CT molecular complexity index is 1020. The van der Waals surface area contributed by atoms with Crippen molar-refractivity contribution in [2.45, 2.75) is 161 Å². The number of carbonyl (C=O) groups excluding carboxylic acids is 2. The Kier molecular flexibility index (Phi) is 35.8. The van der Waals surface area contributed by atoms with Gasteiger partial charge in [-0.3, -0.25) is 18.6 Å². The molecule has 0 aromatic carbocycles. The standard InChI is InChI=1S/C41H72NO8P/c1-3-5-7-9-11-13-15-17-18-19-20-22-24-26-28-30-32-34-41(44)50-39(38-49-51(45,46)48-36-35-42)37-47-40(43)33-31-29-27-25-23-21-16-14-12-10-8-6-4-2/h7,9,13,15,18-19,22,24,28,30,39H,3-6,8,10-12,14,16-17,20-21,23,25-27,29,31-38,42H2,1-2H3,(H,45,46). The predicted molar refractivity (Wildman–Crippen MR) is 210 cm³/mol. The van der Waals surface area contributed by atoms with Gasteiger partial charge in [0.1, 0.15) is 6.61 Å². The fourth-order valence-electron chi connectivity index (χ4n) is 4.98. The van der Waals surface area contributed by atoms with E-state index in [0.29, 0.717) is 6.42 Å². The van der Waals surface area contributed by atoms with Crippen LogP contribution in [0.25, 0.3) is 0 Å². The van der Waals surface area contributed by atoms with Gasteiger partial charge in [0.15, 0.2) is 6.10 Å². The van der Waals surface area contributed by atoms with Gasteiger partial charge in [0, 0.05) is 19.4 Å². The van der Waals surface area contributed by atoms with Gasteiger partial charge in [-0.15, -0.1) is 0 Å². The average molecular weight is 738 g/mol. The zero-order valence-corrected chi connectivity index (χ0v) is 33.0. The van der Waals surface area contributed by atoms with E-state index >= 15 is 0 Å². The van der Waals surface area contributed by atoms with Crippen LogP contribution in [0.15, 0.2) is 60.8 Å². The minimum atomic E-state index is -4.39.